The van der Waals surface area contributed by atoms with Crippen molar-refractivity contribution in [3.63, 3.8) is 0 Å². The van der Waals surface area contributed by atoms with E-state index >= 15 is 0 Å². The summed E-state index contributed by atoms with van der Waals surface area (Å²) < 4.78 is 30.8. The second kappa shape index (κ2) is 7.29. The molecule has 0 aromatic heterocycles. The van der Waals surface area contributed by atoms with Gasteiger partial charge < -0.3 is 9.84 Å². The van der Waals surface area contributed by atoms with E-state index in [-0.39, 0.29) is 17.9 Å². The second-order valence-corrected chi connectivity index (χ2v) is 5.85. The SMILES string of the molecule is COCC(CO)NS(=O)(=O)Cc1ccccc1[N+](=O)[O-]. The maximum absolute atomic E-state index is 11.9. The van der Waals surface area contributed by atoms with E-state index < -0.39 is 33.3 Å². The van der Waals surface area contributed by atoms with Crippen LogP contribution in [-0.4, -0.2) is 44.8 Å². The monoisotopic (exact) mass is 304 g/mol. The van der Waals surface area contributed by atoms with Crippen LogP contribution in [0.15, 0.2) is 24.3 Å². The molecule has 8 nitrogen and oxygen atoms in total. The molecule has 0 fully saturated rings. The van der Waals surface area contributed by atoms with Crippen molar-refractivity contribution in [1.82, 2.24) is 4.72 Å². The number of nitrogens with one attached hydrogen (secondary N) is 1. The lowest BCUT2D eigenvalue weighted by Crippen LogP contribution is -2.41. The molecule has 0 radical (unpaired) electrons. The molecule has 1 atom stereocenters. The Morgan fingerprint density at radius 1 is 1.45 bits per heavy atom. The van der Waals surface area contributed by atoms with Gasteiger partial charge in [-0.05, 0) is 0 Å². The molecular weight excluding hydrogens is 288 g/mol. The number of hydrogen-bond donors (Lipinski definition) is 2. The summed E-state index contributed by atoms with van der Waals surface area (Å²) in [5.41, 5.74) is -0.177. The minimum atomic E-state index is -3.82. The highest BCUT2D eigenvalue weighted by atomic mass is 32.2. The summed E-state index contributed by atoms with van der Waals surface area (Å²) in [4.78, 5) is 10.2. The summed E-state index contributed by atoms with van der Waals surface area (Å²) in [5, 5.41) is 19.8. The number of aliphatic hydroxyl groups is 1. The average molecular weight is 304 g/mol. The Balaban J connectivity index is 2.89. The standard InChI is InChI=1S/C11H16N2O6S/c1-19-7-10(6-14)12-20(17,18)8-9-4-2-3-5-11(9)13(15)16/h2-5,10,12,14H,6-8H2,1H3. The predicted octanol–water partition coefficient (Wildman–Crippen LogP) is 0.0215. The van der Waals surface area contributed by atoms with E-state index in [1.54, 1.807) is 0 Å². The molecule has 112 valence electrons. The third-order valence-electron chi connectivity index (χ3n) is 2.47. The van der Waals surface area contributed by atoms with Crippen LogP contribution in [0.1, 0.15) is 5.56 Å². The molecule has 0 aliphatic heterocycles. The molecule has 1 aromatic rings. The number of nitro groups is 1. The topological polar surface area (TPSA) is 119 Å². The summed E-state index contributed by atoms with van der Waals surface area (Å²) in [6, 6.07) is 4.82. The highest BCUT2D eigenvalue weighted by molar-refractivity contribution is 7.88. The van der Waals surface area contributed by atoms with Gasteiger partial charge in [0, 0.05) is 18.7 Å². The van der Waals surface area contributed by atoms with Crippen molar-refractivity contribution in [2.45, 2.75) is 11.8 Å². The van der Waals surface area contributed by atoms with Crippen LogP contribution in [-0.2, 0) is 20.5 Å². The van der Waals surface area contributed by atoms with Gasteiger partial charge in [-0.25, -0.2) is 13.1 Å². The zero-order valence-corrected chi connectivity index (χ0v) is 11.7. The van der Waals surface area contributed by atoms with Gasteiger partial charge in [-0.3, -0.25) is 10.1 Å². The Bertz CT molecular complexity index is 560. The van der Waals surface area contributed by atoms with E-state index in [1.165, 1.54) is 31.4 Å². The fourth-order valence-corrected chi connectivity index (χ4v) is 3.02. The summed E-state index contributed by atoms with van der Waals surface area (Å²) >= 11 is 0. The van der Waals surface area contributed by atoms with Crippen LogP contribution in [0.4, 0.5) is 5.69 Å². The first-order valence-electron chi connectivity index (χ1n) is 5.71. The molecule has 0 bridgehead atoms. The zero-order valence-electron chi connectivity index (χ0n) is 10.9. The lowest BCUT2D eigenvalue weighted by molar-refractivity contribution is -0.385. The number of benzene rings is 1. The van der Waals surface area contributed by atoms with E-state index in [9.17, 15) is 18.5 Å². The van der Waals surface area contributed by atoms with Crippen molar-refractivity contribution >= 4 is 15.7 Å². The third-order valence-corrected chi connectivity index (χ3v) is 3.85. The summed E-state index contributed by atoms with van der Waals surface area (Å²) in [6.45, 7) is -0.420. The molecule has 0 saturated heterocycles. The first kappa shape index (κ1) is 16.5. The maximum Gasteiger partial charge on any atom is 0.273 e. The summed E-state index contributed by atoms with van der Waals surface area (Å²) in [5.74, 6) is -0.537. The first-order chi connectivity index (χ1) is 9.39. The first-order valence-corrected chi connectivity index (χ1v) is 7.37. The molecule has 0 aliphatic rings. The van der Waals surface area contributed by atoms with Gasteiger partial charge in [-0.2, -0.15) is 0 Å². The quantitative estimate of drug-likeness (QED) is 0.516. The molecule has 0 aliphatic carbocycles. The Morgan fingerprint density at radius 2 is 2.10 bits per heavy atom. The van der Waals surface area contributed by atoms with Crippen molar-refractivity contribution in [2.24, 2.45) is 0 Å². The van der Waals surface area contributed by atoms with Crippen LogP contribution in [0.3, 0.4) is 0 Å². The van der Waals surface area contributed by atoms with Crippen LogP contribution < -0.4 is 4.72 Å². The van der Waals surface area contributed by atoms with Crippen molar-refractivity contribution in [2.75, 3.05) is 20.3 Å². The number of hydrogen-bond acceptors (Lipinski definition) is 6. The number of rotatable bonds is 8. The maximum atomic E-state index is 11.9. The number of ether oxygens (including phenoxy) is 1. The Kier molecular flexibility index (Phi) is 6.02. The molecule has 0 amide bonds. The van der Waals surface area contributed by atoms with E-state index in [2.05, 4.69) is 4.72 Å². The van der Waals surface area contributed by atoms with Gasteiger partial charge in [0.15, 0.2) is 0 Å². The van der Waals surface area contributed by atoms with Crippen molar-refractivity contribution in [3.05, 3.63) is 39.9 Å². The normalized spacial score (nSPS) is 13.1. The molecule has 1 unspecified atom stereocenters. The number of sulfonamides is 1. The Hall–Kier alpha value is -1.55. The van der Waals surface area contributed by atoms with Crippen LogP contribution >= 0.6 is 0 Å². The predicted molar refractivity (Wildman–Crippen MR) is 71.6 cm³/mol. The number of methoxy groups -OCH3 is 1. The molecule has 20 heavy (non-hydrogen) atoms. The van der Waals surface area contributed by atoms with Crippen LogP contribution in [0, 0.1) is 10.1 Å². The Labute approximate surface area is 116 Å². The van der Waals surface area contributed by atoms with Crippen molar-refractivity contribution in [3.8, 4) is 0 Å². The number of nitrogens with zero attached hydrogens (tertiary/aromatic N) is 1. The lowest BCUT2D eigenvalue weighted by atomic mass is 10.2. The summed E-state index contributed by atoms with van der Waals surface area (Å²) in [7, 11) is -2.44. The highest BCUT2D eigenvalue weighted by Gasteiger charge is 2.22. The van der Waals surface area contributed by atoms with E-state index in [4.69, 9.17) is 9.84 Å². The molecular formula is C11H16N2O6S. The van der Waals surface area contributed by atoms with Gasteiger partial charge in [0.2, 0.25) is 10.0 Å². The van der Waals surface area contributed by atoms with Crippen molar-refractivity contribution in [1.29, 1.82) is 0 Å². The van der Waals surface area contributed by atoms with Gasteiger partial charge in [0.1, 0.15) is 0 Å². The molecule has 9 heteroatoms. The summed E-state index contributed by atoms with van der Waals surface area (Å²) in [6.07, 6.45) is 0. The van der Waals surface area contributed by atoms with Gasteiger partial charge in [0.25, 0.3) is 5.69 Å². The van der Waals surface area contributed by atoms with Crippen LogP contribution in [0.25, 0.3) is 0 Å². The van der Waals surface area contributed by atoms with Gasteiger partial charge >= 0.3 is 0 Å². The largest absolute Gasteiger partial charge is 0.395 e. The molecule has 1 rings (SSSR count). The lowest BCUT2D eigenvalue weighted by Gasteiger charge is -2.15. The average Bonchev–Trinajstić information content (AvgIpc) is 2.37. The number of aliphatic hydroxyl groups excluding tert-OH is 1. The highest BCUT2D eigenvalue weighted by Crippen LogP contribution is 2.19. The zero-order chi connectivity index (χ0) is 15.2. The van der Waals surface area contributed by atoms with Gasteiger partial charge in [0.05, 0.1) is 29.9 Å². The molecule has 2 N–H and O–H groups in total. The Morgan fingerprint density at radius 3 is 2.65 bits per heavy atom. The van der Waals surface area contributed by atoms with Gasteiger partial charge in [-0.15, -0.1) is 0 Å². The van der Waals surface area contributed by atoms with Crippen LogP contribution in [0.2, 0.25) is 0 Å². The molecule has 0 spiro atoms. The minimum absolute atomic E-state index is 0.00656. The smallest absolute Gasteiger partial charge is 0.273 e. The fraction of sp³-hybridized carbons (Fsp3) is 0.455. The third kappa shape index (κ3) is 4.85. The minimum Gasteiger partial charge on any atom is -0.395 e. The van der Waals surface area contributed by atoms with Crippen LogP contribution in [0.5, 0.6) is 0 Å². The molecule has 0 saturated carbocycles. The van der Waals surface area contributed by atoms with E-state index in [0.29, 0.717) is 0 Å². The van der Waals surface area contributed by atoms with Gasteiger partial charge in [-0.1, -0.05) is 18.2 Å². The molecule has 0 heterocycles. The van der Waals surface area contributed by atoms with Crippen molar-refractivity contribution < 1.29 is 23.2 Å². The van der Waals surface area contributed by atoms with E-state index in [0.717, 1.165) is 0 Å². The number of nitro benzene ring substituents is 1. The van der Waals surface area contributed by atoms with E-state index in [1.807, 2.05) is 0 Å². The second-order valence-electron chi connectivity index (χ2n) is 4.10. The number of para-hydroxylation sites is 1. The molecule has 1 aromatic carbocycles. The fourth-order valence-electron chi connectivity index (χ4n) is 1.64.